The summed E-state index contributed by atoms with van der Waals surface area (Å²) < 4.78 is 1.91. The van der Waals surface area contributed by atoms with E-state index in [0.717, 1.165) is 22.6 Å². The number of nitrogens with zero attached hydrogens (tertiary/aromatic N) is 2. The highest BCUT2D eigenvalue weighted by molar-refractivity contribution is 6.30. The third kappa shape index (κ3) is 2.66. The maximum Gasteiger partial charge on any atom is 0.241 e. The van der Waals surface area contributed by atoms with Gasteiger partial charge in [0.2, 0.25) is 5.91 Å². The Hall–Kier alpha value is -2.59. The molecule has 0 spiro atoms. The van der Waals surface area contributed by atoms with Crippen LogP contribution in [0, 0.1) is 0 Å². The molecule has 1 amide bonds. The molecule has 0 unspecified atom stereocenters. The highest BCUT2D eigenvalue weighted by Gasteiger charge is 2.11. The molecule has 0 fully saturated rings. The second kappa shape index (κ2) is 5.42. The van der Waals surface area contributed by atoms with Crippen LogP contribution in [0.5, 0.6) is 0 Å². The number of pyridine rings is 1. The monoisotopic (exact) mass is 297 g/mol. The zero-order valence-corrected chi connectivity index (χ0v) is 11.8. The van der Waals surface area contributed by atoms with E-state index in [4.69, 9.17) is 17.3 Å². The van der Waals surface area contributed by atoms with Gasteiger partial charge in [-0.1, -0.05) is 29.8 Å². The zero-order chi connectivity index (χ0) is 14.8. The number of amides is 1. The molecule has 0 bridgehead atoms. The van der Waals surface area contributed by atoms with Crippen LogP contribution in [0.2, 0.25) is 5.02 Å². The van der Waals surface area contributed by atoms with E-state index >= 15 is 0 Å². The summed E-state index contributed by atoms with van der Waals surface area (Å²) in [6.07, 6.45) is 4.89. The summed E-state index contributed by atoms with van der Waals surface area (Å²) in [6, 6.07) is 13.1. The van der Waals surface area contributed by atoms with E-state index < -0.39 is 5.91 Å². The van der Waals surface area contributed by atoms with Gasteiger partial charge in [0.05, 0.1) is 11.4 Å². The van der Waals surface area contributed by atoms with Crippen LogP contribution in [-0.2, 0) is 4.79 Å². The van der Waals surface area contributed by atoms with E-state index in [2.05, 4.69) is 4.98 Å². The molecule has 0 saturated heterocycles. The van der Waals surface area contributed by atoms with E-state index in [0.29, 0.717) is 5.02 Å². The molecule has 3 aromatic rings. The number of hydrogen-bond acceptors (Lipinski definition) is 2. The Morgan fingerprint density at radius 3 is 2.67 bits per heavy atom. The van der Waals surface area contributed by atoms with Gasteiger partial charge in [-0.3, -0.25) is 9.20 Å². The predicted octanol–water partition coefficient (Wildman–Crippen LogP) is 3.15. The number of rotatable bonds is 3. The Kier molecular flexibility index (Phi) is 3.46. The van der Waals surface area contributed by atoms with Crippen LogP contribution in [0.3, 0.4) is 0 Å². The molecular weight excluding hydrogens is 286 g/mol. The number of imidazole rings is 1. The van der Waals surface area contributed by atoms with Gasteiger partial charge in [0.25, 0.3) is 0 Å². The molecule has 21 heavy (non-hydrogen) atoms. The van der Waals surface area contributed by atoms with Crippen molar-refractivity contribution in [2.45, 2.75) is 0 Å². The molecule has 0 aliphatic rings. The molecule has 104 valence electrons. The van der Waals surface area contributed by atoms with Crippen LogP contribution in [0.25, 0.3) is 23.0 Å². The number of fused-ring (bicyclic) bond motifs is 1. The van der Waals surface area contributed by atoms with Crippen LogP contribution in [-0.4, -0.2) is 15.3 Å². The normalized spacial score (nSPS) is 11.3. The fraction of sp³-hybridized carbons (Fsp3) is 0. The van der Waals surface area contributed by atoms with E-state index in [-0.39, 0.29) is 0 Å². The Labute approximate surface area is 126 Å². The van der Waals surface area contributed by atoms with Gasteiger partial charge in [-0.05, 0) is 30.3 Å². The first-order valence-corrected chi connectivity index (χ1v) is 6.73. The number of nitrogens with two attached hydrogens (primary N) is 1. The van der Waals surface area contributed by atoms with Gasteiger partial charge in [0.15, 0.2) is 0 Å². The van der Waals surface area contributed by atoms with Crippen molar-refractivity contribution in [1.29, 1.82) is 0 Å². The third-order valence-electron chi connectivity index (χ3n) is 3.09. The topological polar surface area (TPSA) is 60.4 Å². The molecule has 5 heteroatoms. The van der Waals surface area contributed by atoms with Gasteiger partial charge in [-0.2, -0.15) is 0 Å². The minimum atomic E-state index is -0.497. The average Bonchev–Trinajstić information content (AvgIpc) is 2.84. The fourth-order valence-electron chi connectivity index (χ4n) is 2.16. The lowest BCUT2D eigenvalue weighted by atomic mass is 10.1. The van der Waals surface area contributed by atoms with Gasteiger partial charge in [-0.15, -0.1) is 0 Å². The third-order valence-corrected chi connectivity index (χ3v) is 3.34. The highest BCUT2D eigenvalue weighted by atomic mass is 35.5. The number of halogens is 1. The molecule has 0 atom stereocenters. The Bertz CT molecular complexity index is 834. The van der Waals surface area contributed by atoms with Crippen molar-refractivity contribution in [2.75, 3.05) is 0 Å². The van der Waals surface area contributed by atoms with E-state index in [1.165, 1.54) is 6.08 Å². The van der Waals surface area contributed by atoms with Crippen LogP contribution >= 0.6 is 11.6 Å². The predicted molar refractivity (Wildman–Crippen MR) is 83.9 cm³/mol. The van der Waals surface area contributed by atoms with E-state index in [1.807, 2.05) is 53.1 Å². The SMILES string of the molecule is NC(=O)/C=C\c1c(-c2ccc(Cl)cc2)nc2ccccn12. The molecule has 1 aromatic carbocycles. The van der Waals surface area contributed by atoms with Crippen LogP contribution in [0.4, 0.5) is 0 Å². The quantitative estimate of drug-likeness (QED) is 0.755. The molecular formula is C16H12ClN3O. The summed E-state index contributed by atoms with van der Waals surface area (Å²) in [7, 11) is 0. The summed E-state index contributed by atoms with van der Waals surface area (Å²) in [5.41, 5.74) is 8.48. The second-order valence-electron chi connectivity index (χ2n) is 4.52. The molecule has 0 aliphatic heterocycles. The van der Waals surface area contributed by atoms with Crippen molar-refractivity contribution in [3.63, 3.8) is 0 Å². The van der Waals surface area contributed by atoms with Gasteiger partial charge >= 0.3 is 0 Å². The first-order valence-electron chi connectivity index (χ1n) is 6.36. The molecule has 2 N–H and O–H groups in total. The highest BCUT2D eigenvalue weighted by Crippen LogP contribution is 2.26. The van der Waals surface area contributed by atoms with Crippen molar-refractivity contribution in [3.05, 3.63) is 65.5 Å². The molecule has 0 aliphatic carbocycles. The van der Waals surface area contributed by atoms with Gasteiger partial charge in [-0.25, -0.2) is 4.98 Å². The molecule has 0 radical (unpaired) electrons. The summed E-state index contributed by atoms with van der Waals surface area (Å²) in [4.78, 5) is 15.6. The zero-order valence-electron chi connectivity index (χ0n) is 11.0. The van der Waals surface area contributed by atoms with E-state index in [9.17, 15) is 4.79 Å². The van der Waals surface area contributed by atoms with E-state index in [1.54, 1.807) is 6.08 Å². The standard InChI is InChI=1S/C16H12ClN3O/c17-12-6-4-11(5-7-12)16-13(8-9-14(18)21)20-10-2-1-3-15(20)19-16/h1-10H,(H2,18,21)/b9-8-. The Morgan fingerprint density at radius 2 is 1.95 bits per heavy atom. The lowest BCUT2D eigenvalue weighted by molar-refractivity contribution is -0.113. The maximum atomic E-state index is 11.0. The number of benzene rings is 1. The molecule has 2 heterocycles. The number of carbonyl (C=O) groups is 1. The average molecular weight is 298 g/mol. The number of hydrogen-bond donors (Lipinski definition) is 1. The molecule has 2 aromatic heterocycles. The largest absolute Gasteiger partial charge is 0.366 e. The summed E-state index contributed by atoms with van der Waals surface area (Å²) in [5.74, 6) is -0.497. The summed E-state index contributed by atoms with van der Waals surface area (Å²) in [5, 5.41) is 0.664. The first kappa shape index (κ1) is 13.4. The Morgan fingerprint density at radius 1 is 1.19 bits per heavy atom. The maximum absolute atomic E-state index is 11.0. The van der Waals surface area contributed by atoms with Crippen molar-refractivity contribution in [2.24, 2.45) is 5.73 Å². The van der Waals surface area contributed by atoms with Gasteiger partial charge in [0, 0.05) is 22.9 Å². The lowest BCUT2D eigenvalue weighted by Gasteiger charge is -2.00. The smallest absolute Gasteiger partial charge is 0.241 e. The lowest BCUT2D eigenvalue weighted by Crippen LogP contribution is -2.05. The van der Waals surface area contributed by atoms with Crippen molar-refractivity contribution >= 4 is 29.2 Å². The number of aromatic nitrogens is 2. The minimum absolute atomic E-state index is 0.497. The molecule has 0 saturated carbocycles. The van der Waals surface area contributed by atoms with Gasteiger partial charge in [0.1, 0.15) is 5.65 Å². The van der Waals surface area contributed by atoms with Crippen LogP contribution in [0.1, 0.15) is 5.69 Å². The molecule has 4 nitrogen and oxygen atoms in total. The van der Waals surface area contributed by atoms with Crippen LogP contribution in [0.15, 0.2) is 54.7 Å². The summed E-state index contributed by atoms with van der Waals surface area (Å²) >= 11 is 5.92. The van der Waals surface area contributed by atoms with Crippen LogP contribution < -0.4 is 5.73 Å². The molecule has 3 rings (SSSR count). The minimum Gasteiger partial charge on any atom is -0.366 e. The second-order valence-corrected chi connectivity index (χ2v) is 4.95. The van der Waals surface area contributed by atoms with Crippen molar-refractivity contribution < 1.29 is 4.79 Å². The van der Waals surface area contributed by atoms with Gasteiger partial charge < -0.3 is 5.73 Å². The first-order chi connectivity index (χ1) is 10.1. The fourth-order valence-corrected chi connectivity index (χ4v) is 2.28. The Balaban J connectivity index is 2.23. The number of carbonyl (C=O) groups excluding carboxylic acids is 1. The van der Waals surface area contributed by atoms with Crippen molar-refractivity contribution in [1.82, 2.24) is 9.38 Å². The summed E-state index contributed by atoms with van der Waals surface area (Å²) in [6.45, 7) is 0. The van der Waals surface area contributed by atoms with Crippen molar-refractivity contribution in [3.8, 4) is 11.3 Å². The number of primary amides is 1.